The summed E-state index contributed by atoms with van der Waals surface area (Å²) in [5.74, 6) is -0.123. The summed E-state index contributed by atoms with van der Waals surface area (Å²) in [4.78, 5) is 21.0. The first-order valence-electron chi connectivity index (χ1n) is 5.84. The molecule has 6 nitrogen and oxygen atoms in total. The van der Waals surface area contributed by atoms with E-state index in [1.54, 1.807) is 13.0 Å². The number of non-ortho nitro benzene ring substituents is 1. The van der Waals surface area contributed by atoms with Crippen molar-refractivity contribution in [3.63, 3.8) is 0 Å². The number of hydrogen-bond donors (Lipinski definition) is 1. The Morgan fingerprint density at radius 3 is 2.43 bits per heavy atom. The van der Waals surface area contributed by atoms with Gasteiger partial charge >= 0.3 is 5.97 Å². The fourth-order valence-corrected chi connectivity index (χ4v) is 2.15. The Morgan fingerprint density at radius 1 is 1.24 bits per heavy atom. The molecule has 2 aromatic carbocycles. The molecule has 0 bridgehead atoms. The molecule has 2 aromatic rings. The lowest BCUT2D eigenvalue weighted by Gasteiger charge is -2.10. The van der Waals surface area contributed by atoms with Crippen LogP contribution in [0.5, 0.6) is 11.5 Å². The molecule has 21 heavy (non-hydrogen) atoms. The van der Waals surface area contributed by atoms with Gasteiger partial charge in [-0.3, -0.25) is 10.1 Å². The molecule has 0 spiro atoms. The van der Waals surface area contributed by atoms with Gasteiger partial charge in [0.1, 0.15) is 11.5 Å². The summed E-state index contributed by atoms with van der Waals surface area (Å²) < 4.78 is 6.09. The molecule has 0 aliphatic heterocycles. The largest absolute Gasteiger partial charge is 0.478 e. The third kappa shape index (κ3) is 3.38. The van der Waals surface area contributed by atoms with Crippen LogP contribution in [0.1, 0.15) is 15.9 Å². The Morgan fingerprint density at radius 2 is 1.90 bits per heavy atom. The molecule has 0 saturated heterocycles. The van der Waals surface area contributed by atoms with Crippen LogP contribution in [-0.4, -0.2) is 16.0 Å². The maximum Gasteiger partial charge on any atom is 0.335 e. The molecule has 1 N–H and O–H groups in total. The van der Waals surface area contributed by atoms with Crippen LogP contribution in [-0.2, 0) is 0 Å². The highest BCUT2D eigenvalue weighted by molar-refractivity contribution is 9.10. The minimum atomic E-state index is -1.01. The van der Waals surface area contributed by atoms with E-state index < -0.39 is 10.9 Å². The highest BCUT2D eigenvalue weighted by atomic mass is 79.9. The highest BCUT2D eigenvalue weighted by Gasteiger charge is 2.12. The Kier molecular flexibility index (Phi) is 4.23. The van der Waals surface area contributed by atoms with Crippen LogP contribution in [0.3, 0.4) is 0 Å². The third-order valence-electron chi connectivity index (χ3n) is 2.77. The van der Waals surface area contributed by atoms with Crippen molar-refractivity contribution in [1.29, 1.82) is 0 Å². The van der Waals surface area contributed by atoms with Gasteiger partial charge in [0.25, 0.3) is 5.69 Å². The van der Waals surface area contributed by atoms with Gasteiger partial charge in [-0.2, -0.15) is 0 Å². The first-order valence-corrected chi connectivity index (χ1v) is 6.63. The van der Waals surface area contributed by atoms with Crippen LogP contribution in [0.4, 0.5) is 5.69 Å². The van der Waals surface area contributed by atoms with E-state index in [0.717, 1.165) is 0 Å². The number of hydrogen-bond acceptors (Lipinski definition) is 4. The van der Waals surface area contributed by atoms with Gasteiger partial charge in [0.2, 0.25) is 0 Å². The SMILES string of the molecule is Cc1cc(C(=O)O)ccc1Oc1ccc([N+](=O)[O-])cc1Br. The van der Waals surface area contributed by atoms with E-state index in [4.69, 9.17) is 9.84 Å². The van der Waals surface area contributed by atoms with Crippen LogP contribution in [0.15, 0.2) is 40.9 Å². The van der Waals surface area contributed by atoms with Crippen LogP contribution in [0.2, 0.25) is 0 Å². The maximum absolute atomic E-state index is 10.9. The van der Waals surface area contributed by atoms with Crippen molar-refractivity contribution in [2.75, 3.05) is 0 Å². The predicted octanol–water partition coefficient (Wildman–Crippen LogP) is 4.16. The van der Waals surface area contributed by atoms with Gasteiger partial charge in [0.15, 0.2) is 0 Å². The number of aryl methyl sites for hydroxylation is 1. The van der Waals surface area contributed by atoms with Crippen LogP contribution in [0, 0.1) is 17.0 Å². The summed E-state index contributed by atoms with van der Waals surface area (Å²) in [5, 5.41) is 19.6. The van der Waals surface area contributed by atoms with Gasteiger partial charge in [0.05, 0.1) is 15.0 Å². The molecule has 0 aliphatic rings. The number of carbonyl (C=O) groups is 1. The van der Waals surface area contributed by atoms with E-state index in [9.17, 15) is 14.9 Å². The van der Waals surface area contributed by atoms with Gasteiger partial charge in [-0.1, -0.05) is 0 Å². The van der Waals surface area contributed by atoms with Crippen LogP contribution in [0.25, 0.3) is 0 Å². The molecule has 0 aromatic heterocycles. The van der Waals surface area contributed by atoms with E-state index >= 15 is 0 Å². The quantitative estimate of drug-likeness (QED) is 0.659. The van der Waals surface area contributed by atoms with E-state index in [2.05, 4.69) is 15.9 Å². The number of ether oxygens (including phenoxy) is 1. The molecule has 2 rings (SSSR count). The summed E-state index contributed by atoms with van der Waals surface area (Å²) >= 11 is 3.21. The lowest BCUT2D eigenvalue weighted by Crippen LogP contribution is -1.97. The van der Waals surface area contributed by atoms with Crippen molar-refractivity contribution in [3.8, 4) is 11.5 Å². The zero-order valence-electron chi connectivity index (χ0n) is 10.9. The highest BCUT2D eigenvalue weighted by Crippen LogP contribution is 2.34. The number of nitro groups is 1. The molecule has 0 amide bonds. The normalized spacial score (nSPS) is 10.2. The van der Waals surface area contributed by atoms with E-state index in [-0.39, 0.29) is 11.3 Å². The van der Waals surface area contributed by atoms with E-state index in [1.165, 1.54) is 30.3 Å². The van der Waals surface area contributed by atoms with Gasteiger partial charge in [-0.15, -0.1) is 0 Å². The van der Waals surface area contributed by atoms with E-state index in [1.807, 2.05) is 0 Å². The molecular weight excluding hydrogens is 342 g/mol. The molecule has 0 heterocycles. The Hall–Kier alpha value is -2.41. The molecule has 0 unspecified atom stereocenters. The minimum Gasteiger partial charge on any atom is -0.478 e. The zero-order valence-corrected chi connectivity index (χ0v) is 12.5. The number of halogens is 1. The van der Waals surface area contributed by atoms with Crippen molar-refractivity contribution < 1.29 is 19.6 Å². The van der Waals surface area contributed by atoms with Gasteiger partial charge in [-0.05, 0) is 52.7 Å². The van der Waals surface area contributed by atoms with Crippen molar-refractivity contribution in [3.05, 3.63) is 62.1 Å². The van der Waals surface area contributed by atoms with Crippen molar-refractivity contribution >= 4 is 27.6 Å². The first kappa shape index (κ1) is 15.0. The zero-order chi connectivity index (χ0) is 15.6. The van der Waals surface area contributed by atoms with Crippen LogP contribution < -0.4 is 4.74 Å². The lowest BCUT2D eigenvalue weighted by atomic mass is 10.1. The third-order valence-corrected chi connectivity index (χ3v) is 3.39. The minimum absolute atomic E-state index is 0.0489. The van der Waals surface area contributed by atoms with Crippen molar-refractivity contribution in [1.82, 2.24) is 0 Å². The maximum atomic E-state index is 10.9. The molecule has 0 fully saturated rings. The average molecular weight is 352 g/mol. The fraction of sp³-hybridized carbons (Fsp3) is 0.0714. The summed E-state index contributed by atoms with van der Waals surface area (Å²) in [6.45, 7) is 1.72. The van der Waals surface area contributed by atoms with Crippen molar-refractivity contribution in [2.24, 2.45) is 0 Å². The number of aromatic carboxylic acids is 1. The van der Waals surface area contributed by atoms with Gasteiger partial charge in [0, 0.05) is 12.1 Å². The second-order valence-corrected chi connectivity index (χ2v) is 5.11. The first-order chi connectivity index (χ1) is 9.88. The molecule has 0 radical (unpaired) electrons. The topological polar surface area (TPSA) is 89.7 Å². The lowest BCUT2D eigenvalue weighted by molar-refractivity contribution is -0.384. The molecule has 0 aliphatic carbocycles. The Balaban J connectivity index is 2.30. The molecular formula is C14H10BrNO5. The number of nitro benzene ring substituents is 1. The van der Waals surface area contributed by atoms with Gasteiger partial charge in [-0.25, -0.2) is 4.79 Å². The number of carboxylic acids is 1. The summed E-state index contributed by atoms with van der Waals surface area (Å²) in [6, 6.07) is 8.64. The second-order valence-electron chi connectivity index (χ2n) is 4.26. The van der Waals surface area contributed by atoms with E-state index in [0.29, 0.717) is 21.5 Å². The molecule has 108 valence electrons. The monoisotopic (exact) mass is 351 g/mol. The van der Waals surface area contributed by atoms with Crippen molar-refractivity contribution in [2.45, 2.75) is 6.92 Å². The Labute approximate surface area is 128 Å². The van der Waals surface area contributed by atoms with Gasteiger partial charge < -0.3 is 9.84 Å². The van der Waals surface area contributed by atoms with Crippen LogP contribution >= 0.6 is 15.9 Å². The number of benzene rings is 2. The Bertz CT molecular complexity index is 668. The fourth-order valence-electron chi connectivity index (χ4n) is 1.70. The summed E-state index contributed by atoms with van der Waals surface area (Å²) in [7, 11) is 0. The molecule has 0 saturated carbocycles. The summed E-state index contributed by atoms with van der Waals surface area (Å²) in [6.07, 6.45) is 0. The molecule has 0 atom stereocenters. The number of rotatable bonds is 4. The second kappa shape index (κ2) is 5.92. The smallest absolute Gasteiger partial charge is 0.335 e. The summed E-state index contributed by atoms with van der Waals surface area (Å²) in [5.41, 5.74) is 0.773. The predicted molar refractivity (Wildman–Crippen MR) is 79.0 cm³/mol. The average Bonchev–Trinajstić information content (AvgIpc) is 2.42. The molecule has 7 heteroatoms. The number of carboxylic acid groups (broad SMARTS) is 1. The standard InChI is InChI=1S/C14H10BrNO5/c1-8-6-9(14(17)18)2-4-12(8)21-13-5-3-10(16(19)20)7-11(13)15/h2-7H,1H3,(H,17,18). The number of nitrogens with zero attached hydrogens (tertiary/aromatic N) is 1.